The third-order valence-corrected chi connectivity index (χ3v) is 12.1. The van der Waals surface area contributed by atoms with Crippen LogP contribution in [-0.2, 0) is 33.7 Å². The summed E-state index contributed by atoms with van der Waals surface area (Å²) in [5, 5.41) is 8.19. The largest absolute Gasteiger partial charge is 0.121 e. The molecule has 10 aromatic rings. The van der Waals surface area contributed by atoms with E-state index in [-0.39, 0.29) is 0 Å². The van der Waals surface area contributed by atoms with Crippen LogP contribution in [0.25, 0.3) is 66.1 Å². The predicted molar refractivity (Wildman–Crippen MR) is 269 cm³/mol. The van der Waals surface area contributed by atoms with E-state index < -0.39 is 20.8 Å². The first-order valence-corrected chi connectivity index (χ1v) is 28.4. The summed E-state index contributed by atoms with van der Waals surface area (Å²) in [6.07, 6.45) is 2.17. The van der Waals surface area contributed by atoms with Gasteiger partial charge in [-0.05, 0) is 46.2 Å². The van der Waals surface area contributed by atoms with Gasteiger partial charge in [0.1, 0.15) is 9.52 Å². The van der Waals surface area contributed by atoms with Crippen molar-refractivity contribution in [2.24, 2.45) is 0 Å². The summed E-state index contributed by atoms with van der Waals surface area (Å²) in [4.78, 5) is 0. The SMILES string of the molecule is CCc1cc2c(-c3ccc(-c4ccccc4)cc3)cccc2[cH-]1.CCc1cc2c(-c3ccc(-c4ccccc4)cc3)cccc2[cH-]1.[Cl][Zr+2][Cl].c1ccc([Si]c2ccccc2)cc1. The van der Waals surface area contributed by atoms with E-state index in [9.17, 15) is 0 Å². The standard InChI is InChI=1S/2C23H19.C12H10Si.2ClH.Zr/c2*1-2-17-15-21-9-6-10-22(23(21)16-17)20-13-11-19(12-14-20)18-7-4-3-5-8-18;1-3-7-11(8-4-1)13-12-9-5-2-6-10-12;;;/h2*3-16H,2H2,1H3;1-10H;2*1H;/q2*-1;;;;+4/p-2. The van der Waals surface area contributed by atoms with Gasteiger partial charge in [0.15, 0.2) is 0 Å². The molecule has 0 nitrogen and oxygen atoms in total. The Kier molecular flexibility index (Phi) is 16.7. The molecule has 0 aliphatic rings. The molecule has 10 aromatic carbocycles. The predicted octanol–water partition coefficient (Wildman–Crippen LogP) is 15.6. The van der Waals surface area contributed by atoms with Crippen LogP contribution in [0.2, 0.25) is 0 Å². The molecule has 2 radical (unpaired) electrons. The molecule has 0 spiro atoms. The minimum atomic E-state index is -0.826. The number of rotatable bonds is 8. The average molecular weight is 935 g/mol. The van der Waals surface area contributed by atoms with Gasteiger partial charge in [-0.25, -0.2) is 0 Å². The second-order valence-corrected chi connectivity index (χ2v) is 20.0. The third-order valence-electron chi connectivity index (χ3n) is 10.9. The molecule has 0 N–H and O–H groups in total. The molecule has 62 heavy (non-hydrogen) atoms. The fraction of sp³-hybridized carbons (Fsp3) is 0.0690. The molecule has 0 saturated carbocycles. The summed E-state index contributed by atoms with van der Waals surface area (Å²) >= 11 is -0.826. The van der Waals surface area contributed by atoms with Crippen molar-refractivity contribution in [3.05, 3.63) is 242 Å². The number of benzene rings is 8. The maximum Gasteiger partial charge on any atom is 0.121 e. The molecule has 0 bridgehead atoms. The van der Waals surface area contributed by atoms with Crippen LogP contribution in [0.4, 0.5) is 0 Å². The number of fused-ring (bicyclic) bond motifs is 2. The zero-order valence-electron chi connectivity index (χ0n) is 35.1. The summed E-state index contributed by atoms with van der Waals surface area (Å²) in [6.45, 7) is 4.42. The third kappa shape index (κ3) is 12.0. The van der Waals surface area contributed by atoms with Gasteiger partial charge in [-0.3, -0.25) is 0 Å². The van der Waals surface area contributed by atoms with Gasteiger partial charge in [0.05, 0.1) is 0 Å². The van der Waals surface area contributed by atoms with Gasteiger partial charge in [-0.15, -0.1) is 69.1 Å². The van der Waals surface area contributed by atoms with Crippen LogP contribution in [0.1, 0.15) is 25.0 Å². The summed E-state index contributed by atoms with van der Waals surface area (Å²) in [6, 6.07) is 82.4. The van der Waals surface area contributed by atoms with E-state index in [0.717, 1.165) is 22.4 Å². The molecule has 302 valence electrons. The molecular formula is C58H48Cl2SiZr. The van der Waals surface area contributed by atoms with Gasteiger partial charge in [0, 0.05) is 0 Å². The first-order valence-electron chi connectivity index (χ1n) is 21.1. The van der Waals surface area contributed by atoms with Crippen molar-refractivity contribution in [1.82, 2.24) is 0 Å². The number of hydrogen-bond acceptors (Lipinski definition) is 0. The van der Waals surface area contributed by atoms with Crippen LogP contribution in [0.5, 0.6) is 0 Å². The van der Waals surface area contributed by atoms with Crippen LogP contribution < -0.4 is 10.4 Å². The smallest absolute Gasteiger partial charge is 0.0631 e. The van der Waals surface area contributed by atoms with Crippen LogP contribution in [0.15, 0.2) is 231 Å². The Balaban J connectivity index is 0.000000141. The van der Waals surface area contributed by atoms with Gasteiger partial charge in [-0.2, -0.15) is 12.1 Å². The zero-order valence-corrected chi connectivity index (χ0v) is 40.1. The molecule has 0 saturated heterocycles. The Labute approximate surface area is 389 Å². The molecular weight excluding hydrogens is 887 g/mol. The van der Waals surface area contributed by atoms with Crippen LogP contribution >= 0.6 is 17.0 Å². The molecule has 0 aliphatic carbocycles. The summed E-state index contributed by atoms with van der Waals surface area (Å²) in [5.41, 5.74) is 13.1. The molecule has 10 rings (SSSR count). The van der Waals surface area contributed by atoms with Gasteiger partial charge >= 0.3 is 37.9 Å². The van der Waals surface area contributed by atoms with E-state index in [4.69, 9.17) is 17.0 Å². The maximum absolute atomic E-state index is 4.93. The van der Waals surface area contributed by atoms with Crippen molar-refractivity contribution < 1.29 is 20.8 Å². The normalized spacial score (nSPS) is 10.4. The Hall–Kier alpha value is -5.34. The Morgan fingerprint density at radius 2 is 0.677 bits per heavy atom. The zero-order chi connectivity index (χ0) is 42.9. The fourth-order valence-electron chi connectivity index (χ4n) is 7.66. The Morgan fingerprint density at radius 1 is 0.371 bits per heavy atom. The number of halogens is 2. The van der Waals surface area contributed by atoms with E-state index in [1.54, 1.807) is 0 Å². The maximum atomic E-state index is 4.93. The van der Waals surface area contributed by atoms with Crippen LogP contribution in [0, 0.1) is 0 Å². The first-order chi connectivity index (χ1) is 30.6. The monoisotopic (exact) mass is 932 g/mol. The Bertz CT molecular complexity index is 2650. The van der Waals surface area contributed by atoms with Gasteiger partial charge in [0.25, 0.3) is 0 Å². The molecule has 0 amide bonds. The van der Waals surface area contributed by atoms with E-state index in [0.29, 0.717) is 0 Å². The molecule has 0 aliphatic heterocycles. The van der Waals surface area contributed by atoms with Crippen LogP contribution in [-0.4, -0.2) is 9.52 Å². The average Bonchev–Trinajstić information content (AvgIpc) is 3.98. The van der Waals surface area contributed by atoms with Crippen molar-refractivity contribution in [3.63, 3.8) is 0 Å². The van der Waals surface area contributed by atoms with Crippen LogP contribution in [0.3, 0.4) is 0 Å². The minimum Gasteiger partial charge on any atom is -0.0631 e. The molecule has 0 atom stereocenters. The topological polar surface area (TPSA) is 0 Å². The second kappa shape index (κ2) is 23.2. The van der Waals surface area contributed by atoms with Crippen molar-refractivity contribution in [3.8, 4) is 44.5 Å². The molecule has 0 fully saturated rings. The van der Waals surface area contributed by atoms with Gasteiger partial charge in [-0.1, -0.05) is 217 Å². The van der Waals surface area contributed by atoms with Crippen molar-refractivity contribution in [2.45, 2.75) is 26.7 Å². The summed E-state index contributed by atoms with van der Waals surface area (Å²) < 4.78 is 0. The summed E-state index contributed by atoms with van der Waals surface area (Å²) in [5.74, 6) is 0. The van der Waals surface area contributed by atoms with Crippen molar-refractivity contribution >= 4 is 58.5 Å². The number of aryl methyl sites for hydroxylation is 2. The molecule has 4 heteroatoms. The molecule has 0 heterocycles. The second-order valence-electron chi connectivity index (χ2n) is 14.9. The van der Waals surface area contributed by atoms with E-state index >= 15 is 0 Å². The van der Waals surface area contributed by atoms with Crippen molar-refractivity contribution in [1.29, 1.82) is 0 Å². The summed E-state index contributed by atoms with van der Waals surface area (Å²) in [7, 11) is 10.6. The quantitative estimate of drug-likeness (QED) is 0.105. The van der Waals surface area contributed by atoms with E-state index in [1.165, 1.54) is 87.6 Å². The minimum absolute atomic E-state index is 0.777. The Morgan fingerprint density at radius 3 is 1.02 bits per heavy atom. The van der Waals surface area contributed by atoms with Crippen molar-refractivity contribution in [2.75, 3.05) is 0 Å². The first kappa shape index (κ1) is 44.7. The van der Waals surface area contributed by atoms with E-state index in [1.807, 2.05) is 0 Å². The molecule has 0 unspecified atom stereocenters. The van der Waals surface area contributed by atoms with Gasteiger partial charge in [0.2, 0.25) is 0 Å². The fourth-order valence-corrected chi connectivity index (χ4v) is 8.71. The number of hydrogen-bond donors (Lipinski definition) is 0. The molecule has 0 aromatic heterocycles. The van der Waals surface area contributed by atoms with Gasteiger partial charge < -0.3 is 0 Å². The van der Waals surface area contributed by atoms with E-state index in [2.05, 4.69) is 244 Å².